The second kappa shape index (κ2) is 10.0. The molecule has 1 unspecified atom stereocenters. The highest BCUT2D eigenvalue weighted by atomic mass is 19.1. The summed E-state index contributed by atoms with van der Waals surface area (Å²) in [6.07, 6.45) is 1.59. The van der Waals surface area contributed by atoms with Crippen molar-refractivity contribution in [1.29, 1.82) is 0 Å². The van der Waals surface area contributed by atoms with Gasteiger partial charge in [0.15, 0.2) is 12.1 Å². The van der Waals surface area contributed by atoms with Crippen LogP contribution < -0.4 is 5.32 Å². The molecule has 6 heteroatoms. The van der Waals surface area contributed by atoms with Crippen molar-refractivity contribution >= 4 is 17.4 Å². The average Bonchev–Trinajstić information content (AvgIpc) is 2.89. The normalized spacial score (nSPS) is 23.9. The molecule has 3 aromatic carbocycles. The standard InChI is InChI=1S/C29H30FN2O3/c30-24-13-7-8-14-25(24)31-28(23-11-5-2-6-12-23)29(34)35-27-20-32(17-15-22(27)16-18-32)19-26(33)21-9-3-1-4-10-21/h1-14,22,27-28,31H,15-20H2/q+1/t22?,27-,28?,32?/m0/s1. The number of halogens is 1. The minimum Gasteiger partial charge on any atom is -0.454 e. The van der Waals surface area contributed by atoms with Gasteiger partial charge in [-0.1, -0.05) is 72.8 Å². The molecule has 0 aliphatic carbocycles. The number of ether oxygens (including phenoxy) is 1. The molecule has 0 saturated carbocycles. The van der Waals surface area contributed by atoms with Crippen LogP contribution in [0, 0.1) is 11.7 Å². The molecule has 0 aromatic heterocycles. The fourth-order valence-corrected chi connectivity index (χ4v) is 5.47. The van der Waals surface area contributed by atoms with Gasteiger partial charge in [0, 0.05) is 24.3 Å². The molecule has 1 N–H and O–H groups in total. The Morgan fingerprint density at radius 3 is 2.23 bits per heavy atom. The summed E-state index contributed by atoms with van der Waals surface area (Å²) in [5.74, 6) is -0.436. The van der Waals surface area contributed by atoms with Gasteiger partial charge < -0.3 is 14.5 Å². The van der Waals surface area contributed by atoms with Crippen LogP contribution in [0.25, 0.3) is 0 Å². The molecule has 180 valence electrons. The van der Waals surface area contributed by atoms with Crippen LogP contribution >= 0.6 is 0 Å². The van der Waals surface area contributed by atoms with Crippen molar-refractivity contribution in [3.05, 3.63) is 102 Å². The lowest BCUT2D eigenvalue weighted by Gasteiger charge is -2.51. The number of ketones is 1. The summed E-state index contributed by atoms with van der Waals surface area (Å²) in [6, 6.07) is 24.1. The zero-order valence-electron chi connectivity index (χ0n) is 19.6. The van der Waals surface area contributed by atoms with Crippen molar-refractivity contribution in [1.82, 2.24) is 0 Å². The number of fused-ring (bicyclic) bond motifs is 3. The second-order valence-electron chi connectivity index (χ2n) is 9.70. The maximum atomic E-state index is 14.4. The first kappa shape index (κ1) is 23.2. The Hall–Kier alpha value is -3.51. The summed E-state index contributed by atoms with van der Waals surface area (Å²) in [5.41, 5.74) is 1.69. The molecule has 0 amide bonds. The number of quaternary nitrogens is 1. The Bertz CT molecular complexity index is 1180. The van der Waals surface area contributed by atoms with E-state index in [2.05, 4.69) is 5.32 Å². The number of hydrogen-bond acceptors (Lipinski definition) is 4. The van der Waals surface area contributed by atoms with Crippen molar-refractivity contribution in [3.8, 4) is 0 Å². The summed E-state index contributed by atoms with van der Waals surface area (Å²) in [5, 5.41) is 3.05. The van der Waals surface area contributed by atoms with Gasteiger partial charge in [-0.3, -0.25) is 4.79 Å². The van der Waals surface area contributed by atoms with E-state index in [1.54, 1.807) is 18.2 Å². The fourth-order valence-electron chi connectivity index (χ4n) is 5.47. The van der Waals surface area contributed by atoms with Gasteiger partial charge in [-0.15, -0.1) is 0 Å². The Morgan fingerprint density at radius 2 is 1.54 bits per heavy atom. The van der Waals surface area contributed by atoms with E-state index in [1.165, 1.54) is 6.07 Å². The van der Waals surface area contributed by atoms with E-state index in [0.717, 1.165) is 31.5 Å². The number of hydrogen-bond donors (Lipinski definition) is 1. The fraction of sp³-hybridized carbons (Fsp3) is 0.310. The molecular weight excluding hydrogens is 443 g/mol. The molecule has 3 heterocycles. The van der Waals surface area contributed by atoms with Crippen LogP contribution in [0.15, 0.2) is 84.9 Å². The van der Waals surface area contributed by atoms with Crippen molar-refractivity contribution in [2.45, 2.75) is 25.0 Å². The first-order valence-electron chi connectivity index (χ1n) is 12.2. The van der Waals surface area contributed by atoms with Crippen molar-refractivity contribution < 1.29 is 23.2 Å². The van der Waals surface area contributed by atoms with E-state index < -0.39 is 17.8 Å². The largest absolute Gasteiger partial charge is 0.454 e. The molecule has 5 nitrogen and oxygen atoms in total. The summed E-state index contributed by atoms with van der Waals surface area (Å²) in [4.78, 5) is 26.5. The van der Waals surface area contributed by atoms with Crippen LogP contribution in [0.5, 0.6) is 0 Å². The molecule has 3 aromatic rings. The lowest BCUT2D eigenvalue weighted by atomic mass is 9.82. The molecule has 2 atom stereocenters. The third-order valence-electron chi connectivity index (χ3n) is 7.43. The highest BCUT2D eigenvalue weighted by Gasteiger charge is 2.49. The lowest BCUT2D eigenvalue weighted by molar-refractivity contribution is -0.938. The zero-order valence-corrected chi connectivity index (χ0v) is 19.6. The van der Waals surface area contributed by atoms with E-state index in [4.69, 9.17) is 4.74 Å². The monoisotopic (exact) mass is 473 g/mol. The number of nitrogens with one attached hydrogen (secondary N) is 1. The predicted octanol–water partition coefficient (Wildman–Crippen LogP) is 5.01. The average molecular weight is 474 g/mol. The molecule has 3 aliphatic rings. The van der Waals surface area contributed by atoms with Crippen LogP contribution in [-0.4, -0.2) is 48.5 Å². The third-order valence-corrected chi connectivity index (χ3v) is 7.43. The van der Waals surface area contributed by atoms with Gasteiger partial charge in [-0.05, 0) is 17.7 Å². The molecule has 35 heavy (non-hydrogen) atoms. The molecule has 3 fully saturated rings. The summed E-state index contributed by atoms with van der Waals surface area (Å²) in [6.45, 7) is 2.90. The van der Waals surface area contributed by atoms with Gasteiger partial charge in [0.25, 0.3) is 0 Å². The van der Waals surface area contributed by atoms with Crippen molar-refractivity contribution in [2.24, 2.45) is 5.92 Å². The number of piperidine rings is 3. The maximum Gasteiger partial charge on any atom is 0.333 e. The van der Waals surface area contributed by atoms with Gasteiger partial charge in [-0.2, -0.15) is 0 Å². The van der Waals surface area contributed by atoms with Crippen molar-refractivity contribution in [3.63, 3.8) is 0 Å². The quantitative estimate of drug-likeness (QED) is 0.284. The van der Waals surface area contributed by atoms with Gasteiger partial charge >= 0.3 is 5.97 Å². The first-order chi connectivity index (χ1) is 17.0. The molecule has 3 saturated heterocycles. The Kier molecular flexibility index (Phi) is 6.64. The molecule has 6 rings (SSSR count). The van der Waals surface area contributed by atoms with Gasteiger partial charge in [0.2, 0.25) is 5.78 Å². The zero-order chi connectivity index (χ0) is 24.3. The van der Waals surface area contributed by atoms with Crippen LogP contribution in [0.3, 0.4) is 0 Å². The molecule has 3 aliphatic heterocycles. The van der Waals surface area contributed by atoms with E-state index in [-0.39, 0.29) is 23.5 Å². The Morgan fingerprint density at radius 1 is 0.914 bits per heavy atom. The van der Waals surface area contributed by atoms with Gasteiger partial charge in [0.1, 0.15) is 18.9 Å². The van der Waals surface area contributed by atoms with Gasteiger partial charge in [-0.25, -0.2) is 9.18 Å². The molecular formula is C29H30FN2O3+. The van der Waals surface area contributed by atoms with Crippen molar-refractivity contribution in [2.75, 3.05) is 31.5 Å². The van der Waals surface area contributed by atoms with Gasteiger partial charge in [0.05, 0.1) is 18.8 Å². The number of para-hydroxylation sites is 1. The first-order valence-corrected chi connectivity index (χ1v) is 12.2. The topological polar surface area (TPSA) is 55.4 Å². The number of carbonyl (C=O) groups is 2. The second-order valence-corrected chi connectivity index (χ2v) is 9.70. The highest BCUT2D eigenvalue weighted by Crippen LogP contribution is 2.37. The Balaban J connectivity index is 1.32. The lowest BCUT2D eigenvalue weighted by Crippen LogP contribution is -2.65. The predicted molar refractivity (Wildman–Crippen MR) is 132 cm³/mol. The minimum absolute atomic E-state index is 0.124. The van der Waals surface area contributed by atoms with E-state index in [1.807, 2.05) is 60.7 Å². The third kappa shape index (κ3) is 5.13. The van der Waals surface area contributed by atoms with Crippen LogP contribution in [0.1, 0.15) is 34.8 Å². The highest BCUT2D eigenvalue weighted by molar-refractivity contribution is 5.97. The van der Waals surface area contributed by atoms with Crippen LogP contribution in [0.2, 0.25) is 0 Å². The number of esters is 1. The van der Waals surface area contributed by atoms with Crippen LogP contribution in [0.4, 0.5) is 10.1 Å². The smallest absolute Gasteiger partial charge is 0.333 e. The number of anilines is 1. The molecule has 0 radical (unpaired) electrons. The molecule has 0 spiro atoms. The summed E-state index contributed by atoms with van der Waals surface area (Å²) >= 11 is 0. The molecule has 2 bridgehead atoms. The van der Waals surface area contributed by atoms with E-state index in [0.29, 0.717) is 23.1 Å². The van der Waals surface area contributed by atoms with E-state index >= 15 is 0 Å². The van der Waals surface area contributed by atoms with Crippen LogP contribution in [-0.2, 0) is 9.53 Å². The number of benzene rings is 3. The number of nitrogens with zero attached hydrogens (tertiary/aromatic N) is 1. The SMILES string of the molecule is O=C(C[N+]12CCC(CC1)[C@@H](OC(=O)C(Nc1ccccc1F)c1ccccc1)C2)c1ccccc1. The number of carbonyl (C=O) groups excluding carboxylic acids is 2. The maximum absolute atomic E-state index is 14.4. The summed E-state index contributed by atoms with van der Waals surface area (Å²) in [7, 11) is 0. The Labute approximate surface area is 205 Å². The van der Waals surface area contributed by atoms with E-state index in [9.17, 15) is 14.0 Å². The number of rotatable bonds is 8. The summed E-state index contributed by atoms with van der Waals surface area (Å²) < 4.78 is 21.1. The minimum atomic E-state index is -0.831. The number of Topliss-reactive ketones (excluding diaryl/α,β-unsaturated/α-hetero) is 1.